The molecule has 0 aliphatic carbocycles. The number of aliphatic hydroxyl groups is 1. The molecule has 0 spiro atoms. The molecule has 1 saturated heterocycles. The number of phenols is 1. The van der Waals surface area contributed by atoms with Gasteiger partial charge in [-0.05, 0) is 42.0 Å². The van der Waals surface area contributed by atoms with Crippen LogP contribution in [-0.2, 0) is 9.59 Å². The van der Waals surface area contributed by atoms with Crippen molar-refractivity contribution in [3.8, 4) is 5.75 Å². The maximum Gasteiger partial charge on any atom is 0.300 e. The van der Waals surface area contributed by atoms with E-state index >= 15 is 0 Å². The third kappa shape index (κ3) is 3.70. The smallest absolute Gasteiger partial charge is 0.300 e. The number of nitrogens with zero attached hydrogens (tertiary/aromatic N) is 1. The summed E-state index contributed by atoms with van der Waals surface area (Å²) >= 11 is 3.29. The van der Waals surface area contributed by atoms with E-state index in [0.29, 0.717) is 11.6 Å². The lowest BCUT2D eigenvalue weighted by Gasteiger charge is -2.25. The fraction of sp³-hybridized carbons (Fsp3) is 0.0435. The molecule has 31 heavy (non-hydrogen) atoms. The van der Waals surface area contributed by atoms with E-state index < -0.39 is 35.1 Å². The van der Waals surface area contributed by atoms with Crippen molar-refractivity contribution in [3.63, 3.8) is 0 Å². The number of rotatable bonds is 3. The minimum atomic E-state index is -1.19. The quantitative estimate of drug-likeness (QED) is 0.308. The van der Waals surface area contributed by atoms with Gasteiger partial charge in [0.2, 0.25) is 0 Å². The van der Waals surface area contributed by atoms with Gasteiger partial charge in [-0.25, -0.2) is 8.78 Å². The Morgan fingerprint density at radius 1 is 0.935 bits per heavy atom. The predicted octanol–water partition coefficient (Wildman–Crippen LogP) is 5.06. The van der Waals surface area contributed by atoms with Crippen LogP contribution in [0, 0.1) is 11.6 Å². The Morgan fingerprint density at radius 3 is 2.19 bits per heavy atom. The number of halogens is 3. The molecule has 0 saturated carbocycles. The SMILES string of the molecule is O=C1C(=O)N(c2ccc(F)cc2F)C(c2ccc(O)cc2)/C1=C(\O)c1ccc(Br)cc1. The number of ketones is 1. The van der Waals surface area contributed by atoms with Crippen molar-refractivity contribution in [2.24, 2.45) is 0 Å². The molecule has 3 aromatic rings. The number of hydrogen-bond acceptors (Lipinski definition) is 4. The molecule has 1 heterocycles. The summed E-state index contributed by atoms with van der Waals surface area (Å²) in [6.45, 7) is 0. The molecule has 1 aliphatic heterocycles. The summed E-state index contributed by atoms with van der Waals surface area (Å²) in [5.74, 6) is -4.44. The van der Waals surface area contributed by atoms with Crippen molar-refractivity contribution in [2.45, 2.75) is 6.04 Å². The second-order valence-corrected chi connectivity index (χ2v) is 7.78. The number of carbonyl (C=O) groups excluding carboxylic acids is 2. The van der Waals surface area contributed by atoms with E-state index in [1.165, 1.54) is 24.3 Å². The molecule has 4 rings (SSSR count). The van der Waals surface area contributed by atoms with Crippen LogP contribution < -0.4 is 4.90 Å². The molecule has 2 N–H and O–H groups in total. The highest BCUT2D eigenvalue weighted by atomic mass is 79.9. The maximum absolute atomic E-state index is 14.6. The highest BCUT2D eigenvalue weighted by molar-refractivity contribution is 9.10. The second-order valence-electron chi connectivity index (χ2n) is 6.86. The van der Waals surface area contributed by atoms with Gasteiger partial charge in [-0.3, -0.25) is 14.5 Å². The molecular weight excluding hydrogens is 472 g/mol. The maximum atomic E-state index is 14.6. The number of carbonyl (C=O) groups is 2. The van der Waals surface area contributed by atoms with Crippen LogP contribution in [0.1, 0.15) is 17.2 Å². The monoisotopic (exact) mass is 485 g/mol. The van der Waals surface area contributed by atoms with Crippen molar-refractivity contribution in [1.29, 1.82) is 0 Å². The van der Waals surface area contributed by atoms with Gasteiger partial charge in [0, 0.05) is 16.1 Å². The van der Waals surface area contributed by atoms with E-state index in [1.807, 2.05) is 0 Å². The average molecular weight is 486 g/mol. The molecule has 0 bridgehead atoms. The Labute approximate surface area is 184 Å². The van der Waals surface area contributed by atoms with Crippen LogP contribution in [0.2, 0.25) is 0 Å². The average Bonchev–Trinajstić information content (AvgIpc) is 3.00. The molecule has 1 fully saturated rings. The Bertz CT molecular complexity index is 1220. The lowest BCUT2D eigenvalue weighted by Crippen LogP contribution is -2.30. The van der Waals surface area contributed by atoms with E-state index in [1.54, 1.807) is 24.3 Å². The lowest BCUT2D eigenvalue weighted by atomic mass is 9.95. The fourth-order valence-corrected chi connectivity index (χ4v) is 3.76. The molecule has 156 valence electrons. The minimum absolute atomic E-state index is 0.0541. The first-order valence-corrected chi connectivity index (χ1v) is 9.88. The molecule has 0 radical (unpaired) electrons. The molecule has 1 amide bonds. The van der Waals surface area contributed by atoms with Gasteiger partial charge in [0.25, 0.3) is 11.7 Å². The van der Waals surface area contributed by atoms with Gasteiger partial charge in [-0.1, -0.05) is 40.2 Å². The largest absolute Gasteiger partial charge is 0.508 e. The van der Waals surface area contributed by atoms with Gasteiger partial charge in [-0.15, -0.1) is 0 Å². The molecule has 1 atom stereocenters. The molecule has 8 heteroatoms. The molecule has 1 unspecified atom stereocenters. The first kappa shape index (κ1) is 20.7. The van der Waals surface area contributed by atoms with Crippen molar-refractivity contribution < 1.29 is 28.6 Å². The predicted molar refractivity (Wildman–Crippen MR) is 113 cm³/mol. The number of benzene rings is 3. The van der Waals surface area contributed by atoms with Crippen molar-refractivity contribution >= 4 is 39.1 Å². The third-order valence-electron chi connectivity index (χ3n) is 4.94. The van der Waals surface area contributed by atoms with Crippen LogP contribution in [0.3, 0.4) is 0 Å². The zero-order valence-electron chi connectivity index (χ0n) is 15.7. The summed E-state index contributed by atoms with van der Waals surface area (Å²) in [4.78, 5) is 26.7. The Hall–Kier alpha value is -3.52. The highest BCUT2D eigenvalue weighted by Crippen LogP contribution is 2.43. The zero-order chi connectivity index (χ0) is 22.3. The Morgan fingerprint density at radius 2 is 1.58 bits per heavy atom. The van der Waals surface area contributed by atoms with Gasteiger partial charge < -0.3 is 10.2 Å². The summed E-state index contributed by atoms with van der Waals surface area (Å²) in [5.41, 5.74) is 0.0714. The number of Topliss-reactive ketones (excluding diaryl/α,β-unsaturated/α-hetero) is 1. The number of aliphatic hydroxyl groups excluding tert-OH is 1. The Kier molecular flexibility index (Phi) is 5.32. The van der Waals surface area contributed by atoms with Crippen LogP contribution in [0.25, 0.3) is 5.76 Å². The van der Waals surface area contributed by atoms with E-state index in [9.17, 15) is 28.6 Å². The van der Waals surface area contributed by atoms with Crippen molar-refractivity contribution in [2.75, 3.05) is 4.90 Å². The number of hydrogen-bond donors (Lipinski definition) is 2. The van der Waals surface area contributed by atoms with Crippen LogP contribution >= 0.6 is 15.9 Å². The van der Waals surface area contributed by atoms with Gasteiger partial charge in [-0.2, -0.15) is 0 Å². The summed E-state index contributed by atoms with van der Waals surface area (Å²) < 4.78 is 28.8. The van der Waals surface area contributed by atoms with Crippen molar-refractivity contribution in [1.82, 2.24) is 0 Å². The lowest BCUT2D eigenvalue weighted by molar-refractivity contribution is -0.132. The molecule has 1 aliphatic rings. The van der Waals surface area contributed by atoms with Gasteiger partial charge in [0.05, 0.1) is 17.3 Å². The van der Waals surface area contributed by atoms with Crippen LogP contribution in [-0.4, -0.2) is 21.9 Å². The van der Waals surface area contributed by atoms with E-state index in [2.05, 4.69) is 15.9 Å². The van der Waals surface area contributed by atoms with Crippen LogP contribution in [0.4, 0.5) is 14.5 Å². The van der Waals surface area contributed by atoms with Gasteiger partial charge in [0.15, 0.2) is 0 Å². The van der Waals surface area contributed by atoms with E-state index in [4.69, 9.17) is 0 Å². The van der Waals surface area contributed by atoms with Crippen LogP contribution in [0.15, 0.2) is 76.8 Å². The summed E-state index contributed by atoms with van der Waals surface area (Å²) in [6.07, 6.45) is 0. The van der Waals surface area contributed by atoms with Crippen molar-refractivity contribution in [3.05, 3.63) is 99.5 Å². The van der Waals surface area contributed by atoms with E-state index in [0.717, 1.165) is 21.5 Å². The number of phenolic OH excluding ortho intramolecular Hbond substituents is 1. The molecule has 3 aromatic carbocycles. The topological polar surface area (TPSA) is 77.8 Å². The normalized spacial score (nSPS) is 17.9. The van der Waals surface area contributed by atoms with E-state index in [-0.39, 0.29) is 22.6 Å². The first-order valence-electron chi connectivity index (χ1n) is 9.09. The third-order valence-corrected chi connectivity index (χ3v) is 5.47. The first-order chi connectivity index (χ1) is 14.8. The summed E-state index contributed by atoms with van der Waals surface area (Å²) in [6, 6.07) is 13.5. The van der Waals surface area contributed by atoms with Crippen LogP contribution in [0.5, 0.6) is 5.75 Å². The Balaban J connectivity index is 1.96. The molecule has 5 nitrogen and oxygen atoms in total. The minimum Gasteiger partial charge on any atom is -0.508 e. The standard InChI is InChI=1S/C23H14BrF2NO4/c24-14-5-1-13(2-6-14)21(29)19-20(12-3-8-16(28)9-4-12)27(23(31)22(19)30)18-10-7-15(25)11-17(18)26/h1-11,20,28-29H/b21-19+. The zero-order valence-corrected chi connectivity index (χ0v) is 17.3. The number of amides is 1. The molecular formula is C23H14BrF2NO4. The van der Waals surface area contributed by atoms with Gasteiger partial charge in [0.1, 0.15) is 23.1 Å². The highest BCUT2D eigenvalue weighted by Gasteiger charge is 2.47. The second kappa shape index (κ2) is 7.96. The number of aromatic hydroxyl groups is 1. The fourth-order valence-electron chi connectivity index (χ4n) is 3.49. The summed E-state index contributed by atoms with van der Waals surface area (Å²) in [7, 11) is 0. The number of anilines is 1. The molecule has 0 aromatic heterocycles. The van der Waals surface area contributed by atoms with Gasteiger partial charge >= 0.3 is 0 Å². The summed E-state index contributed by atoms with van der Waals surface area (Å²) in [5, 5.41) is 20.6.